The van der Waals surface area contributed by atoms with Gasteiger partial charge in [-0.3, -0.25) is 4.79 Å². The third-order valence-corrected chi connectivity index (χ3v) is 2.80. The zero-order chi connectivity index (χ0) is 11.5. The second kappa shape index (κ2) is 4.52. The van der Waals surface area contributed by atoms with Gasteiger partial charge in [0.05, 0.1) is 0 Å². The molecule has 1 nitrogen and oxygen atoms in total. The Balaban J connectivity index is 2.64. The molecule has 0 aliphatic heterocycles. The highest BCUT2D eigenvalue weighted by atomic mass is 16.1. The van der Waals surface area contributed by atoms with Crippen LogP contribution in [0.1, 0.15) is 12.5 Å². The molecule has 0 N–H and O–H groups in total. The molecule has 2 rings (SSSR count). The van der Waals surface area contributed by atoms with Gasteiger partial charge < -0.3 is 0 Å². The number of carbonyl (C=O) groups excluding carboxylic acids is 1. The first-order valence-electron chi connectivity index (χ1n) is 5.52. The number of hydrogen-bond acceptors (Lipinski definition) is 1. The highest BCUT2D eigenvalue weighted by molar-refractivity contribution is 6.55. The van der Waals surface area contributed by atoms with Gasteiger partial charge in [-0.25, -0.2) is 0 Å². The molecule has 79 valence electrons. The van der Waals surface area contributed by atoms with E-state index in [1.807, 2.05) is 19.0 Å². The largest absolute Gasteiger partial charge is 0.300 e. The predicted molar refractivity (Wildman–Crippen MR) is 69.6 cm³/mol. The highest BCUT2D eigenvalue weighted by Gasteiger charge is 2.06. The number of hydrogen-bond donors (Lipinski definition) is 0. The molecule has 0 unspecified atom stereocenters. The van der Waals surface area contributed by atoms with Gasteiger partial charge in [-0.05, 0) is 23.3 Å². The smallest absolute Gasteiger partial charge is 0.149 e. The molecule has 0 atom stereocenters. The lowest BCUT2D eigenvalue weighted by atomic mass is 9.70. The molecule has 16 heavy (non-hydrogen) atoms. The maximum Gasteiger partial charge on any atom is 0.149 e. The van der Waals surface area contributed by atoms with Crippen molar-refractivity contribution in [3.05, 3.63) is 42.0 Å². The third-order valence-electron chi connectivity index (χ3n) is 2.80. The van der Waals surface area contributed by atoms with E-state index in [4.69, 9.17) is 0 Å². The third kappa shape index (κ3) is 2.01. The second-order valence-electron chi connectivity index (χ2n) is 4.03. The summed E-state index contributed by atoms with van der Waals surface area (Å²) in [5.74, 6) is 0.207. The van der Waals surface area contributed by atoms with Crippen LogP contribution in [0.2, 0.25) is 6.82 Å². The molecule has 0 saturated heterocycles. The van der Waals surface area contributed by atoms with Gasteiger partial charge in [0.2, 0.25) is 0 Å². The van der Waals surface area contributed by atoms with Gasteiger partial charge in [0.1, 0.15) is 13.1 Å². The molecule has 0 heterocycles. The lowest BCUT2D eigenvalue weighted by molar-refractivity contribution is -0.116. The molecule has 2 aromatic carbocycles. The lowest BCUT2D eigenvalue weighted by Gasteiger charge is -2.08. The van der Waals surface area contributed by atoms with Crippen molar-refractivity contribution in [1.29, 1.82) is 0 Å². The fourth-order valence-electron chi connectivity index (χ4n) is 2.06. The van der Waals surface area contributed by atoms with Crippen LogP contribution < -0.4 is 5.46 Å². The van der Waals surface area contributed by atoms with Crippen molar-refractivity contribution in [3.63, 3.8) is 0 Å². The van der Waals surface area contributed by atoms with Crippen molar-refractivity contribution in [2.45, 2.75) is 20.2 Å². The molecule has 0 aliphatic carbocycles. The first kappa shape index (κ1) is 10.9. The van der Waals surface area contributed by atoms with E-state index < -0.39 is 0 Å². The van der Waals surface area contributed by atoms with Crippen LogP contribution in [0.3, 0.4) is 0 Å². The molecule has 0 saturated carbocycles. The van der Waals surface area contributed by atoms with Crippen LogP contribution in [0.15, 0.2) is 36.4 Å². The number of Topliss-reactive ketones (excluding diaryl/α,β-unsaturated/α-hetero) is 1. The Morgan fingerprint density at radius 2 is 1.81 bits per heavy atom. The molecule has 0 aromatic heterocycles. The van der Waals surface area contributed by atoms with E-state index in [1.54, 1.807) is 6.92 Å². The minimum absolute atomic E-state index is 0.207. The summed E-state index contributed by atoms with van der Waals surface area (Å²) in [5.41, 5.74) is 2.34. The van der Waals surface area contributed by atoms with Crippen LogP contribution in [-0.4, -0.2) is 13.1 Å². The number of benzene rings is 2. The molecule has 0 amide bonds. The minimum atomic E-state index is 0.207. The zero-order valence-electron chi connectivity index (χ0n) is 9.66. The van der Waals surface area contributed by atoms with Crippen LogP contribution in [0, 0.1) is 0 Å². The van der Waals surface area contributed by atoms with Crippen molar-refractivity contribution in [3.8, 4) is 0 Å². The number of ketones is 1. The maximum atomic E-state index is 11.2. The molecule has 0 spiro atoms. The van der Waals surface area contributed by atoms with E-state index in [-0.39, 0.29) is 5.78 Å². The van der Waals surface area contributed by atoms with E-state index in [9.17, 15) is 4.79 Å². The van der Waals surface area contributed by atoms with Crippen LogP contribution in [0.5, 0.6) is 0 Å². The molecular formula is C14H14BO. The molecule has 2 heteroatoms. The quantitative estimate of drug-likeness (QED) is 0.709. The standard InChI is InChI=1S/C14H14BO/c1-10(16)9-11-7-8-14(15-2)13-6-4-3-5-12(11)13/h3-8H,9H2,1-2H3. The first-order valence-corrected chi connectivity index (χ1v) is 5.52. The van der Waals surface area contributed by atoms with E-state index in [0.29, 0.717) is 6.42 Å². The normalized spacial score (nSPS) is 10.4. The summed E-state index contributed by atoms with van der Waals surface area (Å²) in [6.45, 7) is 3.67. The van der Waals surface area contributed by atoms with Gasteiger partial charge in [-0.1, -0.05) is 48.7 Å². The number of fused-ring (bicyclic) bond motifs is 1. The Labute approximate surface area is 96.7 Å². The number of carbonyl (C=O) groups is 1. The van der Waals surface area contributed by atoms with Gasteiger partial charge >= 0.3 is 0 Å². The Morgan fingerprint density at radius 1 is 1.12 bits per heavy atom. The molecule has 0 aliphatic rings. The van der Waals surface area contributed by atoms with Crippen LogP contribution in [-0.2, 0) is 11.2 Å². The van der Waals surface area contributed by atoms with Gasteiger partial charge in [0.15, 0.2) is 0 Å². The van der Waals surface area contributed by atoms with Crippen molar-refractivity contribution in [1.82, 2.24) is 0 Å². The monoisotopic (exact) mass is 209 g/mol. The van der Waals surface area contributed by atoms with Gasteiger partial charge in [-0.15, -0.1) is 0 Å². The summed E-state index contributed by atoms with van der Waals surface area (Å²) in [7, 11) is 2.10. The Kier molecular flexibility index (Phi) is 3.09. The van der Waals surface area contributed by atoms with Gasteiger partial charge in [0.25, 0.3) is 0 Å². The van der Waals surface area contributed by atoms with Crippen molar-refractivity contribution in [2.75, 3.05) is 0 Å². The average Bonchev–Trinajstić information content (AvgIpc) is 2.29. The van der Waals surface area contributed by atoms with E-state index >= 15 is 0 Å². The summed E-state index contributed by atoms with van der Waals surface area (Å²) < 4.78 is 0. The Hall–Kier alpha value is -1.57. The summed E-state index contributed by atoms with van der Waals surface area (Å²) >= 11 is 0. The van der Waals surface area contributed by atoms with Crippen molar-refractivity contribution < 1.29 is 4.79 Å². The van der Waals surface area contributed by atoms with Crippen molar-refractivity contribution >= 4 is 29.3 Å². The topological polar surface area (TPSA) is 17.1 Å². The average molecular weight is 209 g/mol. The molecule has 2 aromatic rings. The van der Waals surface area contributed by atoms with E-state index in [2.05, 4.69) is 31.5 Å². The predicted octanol–water partition coefficient (Wildman–Crippen LogP) is 2.35. The first-order chi connectivity index (χ1) is 7.72. The lowest BCUT2D eigenvalue weighted by Crippen LogP contribution is -2.12. The Morgan fingerprint density at radius 3 is 2.44 bits per heavy atom. The van der Waals surface area contributed by atoms with Crippen LogP contribution in [0.4, 0.5) is 0 Å². The molecular weight excluding hydrogens is 195 g/mol. The van der Waals surface area contributed by atoms with Crippen molar-refractivity contribution in [2.24, 2.45) is 0 Å². The molecule has 0 bridgehead atoms. The summed E-state index contributed by atoms with van der Waals surface area (Å²) in [4.78, 5) is 11.2. The van der Waals surface area contributed by atoms with Gasteiger partial charge in [-0.2, -0.15) is 0 Å². The Bertz CT molecular complexity index is 531. The summed E-state index contributed by atoms with van der Waals surface area (Å²) in [6, 6.07) is 12.4. The zero-order valence-corrected chi connectivity index (χ0v) is 9.66. The van der Waals surface area contributed by atoms with Crippen LogP contribution in [0.25, 0.3) is 10.8 Å². The summed E-state index contributed by atoms with van der Waals surface area (Å²) in [5, 5.41) is 2.41. The SMILES string of the molecule is C[B]c1ccc(CC(C)=O)c2ccccc12. The molecule has 0 fully saturated rings. The fraction of sp³-hybridized carbons (Fsp3) is 0.214. The van der Waals surface area contributed by atoms with Gasteiger partial charge in [0, 0.05) is 6.42 Å². The van der Waals surface area contributed by atoms with E-state index in [0.717, 1.165) is 5.56 Å². The summed E-state index contributed by atoms with van der Waals surface area (Å²) in [6.07, 6.45) is 0.518. The van der Waals surface area contributed by atoms with E-state index in [1.165, 1.54) is 16.2 Å². The minimum Gasteiger partial charge on any atom is -0.300 e. The highest BCUT2D eigenvalue weighted by Crippen LogP contribution is 2.17. The fourth-order valence-corrected chi connectivity index (χ4v) is 2.06. The second-order valence-corrected chi connectivity index (χ2v) is 4.03. The molecule has 1 radical (unpaired) electrons. The number of rotatable bonds is 3. The van der Waals surface area contributed by atoms with Crippen LogP contribution >= 0.6 is 0 Å². The maximum absolute atomic E-state index is 11.2.